The minimum Gasteiger partial charge on any atom is -0.372 e. The summed E-state index contributed by atoms with van der Waals surface area (Å²) in [6.45, 7) is 5.35. The minimum atomic E-state index is -1.07. The fourth-order valence-corrected chi connectivity index (χ4v) is 5.67. The number of nitrogens with one attached hydrogen (secondary N) is 1. The third-order valence-electron chi connectivity index (χ3n) is 6.19. The molecule has 2 aliphatic rings. The van der Waals surface area contributed by atoms with E-state index in [1.807, 2.05) is 73.3 Å². The molecule has 0 bridgehead atoms. The van der Waals surface area contributed by atoms with Crippen molar-refractivity contribution in [1.29, 1.82) is 0 Å². The highest BCUT2D eigenvalue weighted by Gasteiger charge is 2.41. The molecule has 0 aliphatic carbocycles. The zero-order valence-corrected chi connectivity index (χ0v) is 19.5. The van der Waals surface area contributed by atoms with Crippen LogP contribution < -0.4 is 10.2 Å². The normalized spacial score (nSPS) is 21.1. The molecule has 2 unspecified atom stereocenters. The summed E-state index contributed by atoms with van der Waals surface area (Å²) in [5.41, 5.74) is 1.22. The molecule has 2 amide bonds. The summed E-state index contributed by atoms with van der Waals surface area (Å²) in [5.74, 6) is -0.254. The number of rotatable bonds is 5. The molecule has 32 heavy (non-hydrogen) atoms. The molecule has 0 aromatic heterocycles. The first kappa shape index (κ1) is 22.7. The van der Waals surface area contributed by atoms with E-state index in [1.165, 1.54) is 11.8 Å². The van der Waals surface area contributed by atoms with E-state index in [4.69, 9.17) is 0 Å². The largest absolute Gasteiger partial charge is 0.372 e. The van der Waals surface area contributed by atoms with Crippen molar-refractivity contribution < 1.29 is 14.7 Å². The maximum atomic E-state index is 13.2. The summed E-state index contributed by atoms with van der Waals surface area (Å²) in [6.07, 6.45) is 2.05. The van der Waals surface area contributed by atoms with Gasteiger partial charge in [0.15, 0.2) is 0 Å². The maximum absolute atomic E-state index is 13.2. The van der Waals surface area contributed by atoms with Crippen LogP contribution in [0.1, 0.15) is 38.7 Å². The molecule has 2 aromatic rings. The number of fused-ring (bicyclic) bond motifs is 1. The number of hydrogen-bond acceptors (Lipinski definition) is 5. The highest BCUT2D eigenvalue weighted by atomic mass is 32.2. The van der Waals surface area contributed by atoms with Crippen LogP contribution in [0.15, 0.2) is 59.5 Å². The van der Waals surface area contributed by atoms with Gasteiger partial charge in [-0.3, -0.25) is 9.59 Å². The van der Waals surface area contributed by atoms with Gasteiger partial charge in [0.2, 0.25) is 11.8 Å². The monoisotopic (exact) mass is 453 g/mol. The van der Waals surface area contributed by atoms with E-state index in [1.54, 1.807) is 4.90 Å². The number of amides is 2. The van der Waals surface area contributed by atoms with Gasteiger partial charge in [-0.15, -0.1) is 11.8 Å². The van der Waals surface area contributed by atoms with Crippen molar-refractivity contribution in [2.45, 2.75) is 55.0 Å². The molecule has 1 saturated heterocycles. The van der Waals surface area contributed by atoms with E-state index in [2.05, 4.69) is 5.32 Å². The average Bonchev–Trinajstić information content (AvgIpc) is 2.81. The summed E-state index contributed by atoms with van der Waals surface area (Å²) in [6, 6.07) is 17.4. The first-order valence-electron chi connectivity index (χ1n) is 11.2. The van der Waals surface area contributed by atoms with Crippen LogP contribution in [0.5, 0.6) is 0 Å². The molecule has 4 rings (SSSR count). The van der Waals surface area contributed by atoms with Crippen LogP contribution in [0.3, 0.4) is 0 Å². The Morgan fingerprint density at radius 3 is 2.41 bits per heavy atom. The SMILES string of the molecule is CC(C)(NC(=O)CN1c2ccccc2SC(C(=O)N2CCCCC2)C1O)c1ccccc1. The van der Waals surface area contributed by atoms with Gasteiger partial charge in [0.05, 0.1) is 17.8 Å². The van der Waals surface area contributed by atoms with Gasteiger partial charge in [-0.05, 0) is 50.8 Å². The van der Waals surface area contributed by atoms with Crippen molar-refractivity contribution in [3.8, 4) is 0 Å². The summed E-state index contributed by atoms with van der Waals surface area (Å²) >= 11 is 1.39. The molecule has 1 fully saturated rings. The van der Waals surface area contributed by atoms with Gasteiger partial charge in [0, 0.05) is 18.0 Å². The van der Waals surface area contributed by atoms with Crippen LogP contribution in [-0.4, -0.2) is 52.9 Å². The number of carbonyl (C=O) groups is 2. The zero-order valence-electron chi connectivity index (χ0n) is 18.7. The number of hydrogen-bond donors (Lipinski definition) is 2. The van der Waals surface area contributed by atoms with E-state index >= 15 is 0 Å². The Hall–Kier alpha value is -2.51. The summed E-state index contributed by atoms with van der Waals surface area (Å²) in [7, 11) is 0. The molecule has 2 aromatic carbocycles. The molecule has 2 heterocycles. The lowest BCUT2D eigenvalue weighted by Gasteiger charge is -2.41. The maximum Gasteiger partial charge on any atom is 0.240 e. The van der Waals surface area contributed by atoms with E-state index in [0.29, 0.717) is 0 Å². The topological polar surface area (TPSA) is 72.9 Å². The van der Waals surface area contributed by atoms with Crippen molar-refractivity contribution in [3.63, 3.8) is 0 Å². The first-order chi connectivity index (χ1) is 15.4. The van der Waals surface area contributed by atoms with Crippen LogP contribution in [0.4, 0.5) is 5.69 Å². The predicted molar refractivity (Wildman–Crippen MR) is 127 cm³/mol. The lowest BCUT2D eigenvalue weighted by atomic mass is 9.94. The van der Waals surface area contributed by atoms with Crippen LogP contribution in [0.2, 0.25) is 0 Å². The van der Waals surface area contributed by atoms with E-state index in [9.17, 15) is 14.7 Å². The molecule has 2 aliphatic heterocycles. The molecular weight excluding hydrogens is 422 g/mol. The molecule has 170 valence electrons. The number of nitrogens with zero attached hydrogens (tertiary/aromatic N) is 2. The molecule has 0 radical (unpaired) electrons. The fraction of sp³-hybridized carbons (Fsp3) is 0.440. The van der Waals surface area contributed by atoms with Gasteiger partial charge < -0.3 is 20.2 Å². The molecule has 0 saturated carbocycles. The molecule has 2 N–H and O–H groups in total. The van der Waals surface area contributed by atoms with Crippen LogP contribution in [0.25, 0.3) is 0 Å². The number of carbonyl (C=O) groups excluding carboxylic acids is 2. The van der Waals surface area contributed by atoms with E-state index < -0.39 is 17.0 Å². The zero-order chi connectivity index (χ0) is 22.7. The second kappa shape index (κ2) is 9.55. The number of thioether (sulfide) groups is 1. The van der Waals surface area contributed by atoms with Gasteiger partial charge >= 0.3 is 0 Å². The van der Waals surface area contributed by atoms with Crippen LogP contribution in [0, 0.1) is 0 Å². The van der Waals surface area contributed by atoms with Gasteiger partial charge in [-0.25, -0.2) is 0 Å². The number of para-hydroxylation sites is 1. The Bertz CT molecular complexity index is 960. The highest BCUT2D eigenvalue weighted by Crippen LogP contribution is 2.41. The Kier molecular flexibility index (Phi) is 6.76. The Morgan fingerprint density at radius 1 is 1.03 bits per heavy atom. The number of anilines is 1. The molecular formula is C25H31N3O3S. The summed E-state index contributed by atoms with van der Waals surface area (Å²) < 4.78 is 0. The number of aliphatic hydroxyl groups is 1. The lowest BCUT2D eigenvalue weighted by molar-refractivity contribution is -0.133. The van der Waals surface area contributed by atoms with Gasteiger partial charge in [-0.2, -0.15) is 0 Å². The average molecular weight is 454 g/mol. The third-order valence-corrected chi connectivity index (χ3v) is 7.49. The van der Waals surface area contributed by atoms with Gasteiger partial charge in [-0.1, -0.05) is 42.5 Å². The minimum absolute atomic E-state index is 0.0290. The van der Waals surface area contributed by atoms with Crippen molar-refractivity contribution in [2.24, 2.45) is 0 Å². The van der Waals surface area contributed by atoms with Crippen LogP contribution >= 0.6 is 11.8 Å². The highest BCUT2D eigenvalue weighted by molar-refractivity contribution is 8.01. The Morgan fingerprint density at radius 2 is 1.69 bits per heavy atom. The van der Waals surface area contributed by atoms with Crippen molar-refractivity contribution in [1.82, 2.24) is 10.2 Å². The second-order valence-corrected chi connectivity index (χ2v) is 10.2. The van der Waals surface area contributed by atoms with Crippen molar-refractivity contribution >= 4 is 29.3 Å². The second-order valence-electron chi connectivity index (χ2n) is 8.97. The quantitative estimate of drug-likeness (QED) is 0.726. The van der Waals surface area contributed by atoms with Gasteiger partial charge in [0.25, 0.3) is 0 Å². The molecule has 0 spiro atoms. The molecule has 2 atom stereocenters. The molecule has 7 heteroatoms. The number of likely N-dealkylation sites (tertiary alicyclic amines) is 1. The third kappa shape index (κ3) is 4.79. The van der Waals surface area contributed by atoms with Crippen molar-refractivity contribution in [3.05, 3.63) is 60.2 Å². The summed E-state index contributed by atoms with van der Waals surface area (Å²) in [4.78, 5) is 30.7. The Labute approximate surface area is 194 Å². The number of aliphatic hydroxyl groups excluding tert-OH is 1. The first-order valence-corrected chi connectivity index (χ1v) is 12.1. The van der Waals surface area contributed by atoms with E-state index in [0.717, 1.165) is 48.5 Å². The predicted octanol–water partition coefficient (Wildman–Crippen LogP) is 3.35. The number of benzene rings is 2. The summed E-state index contributed by atoms with van der Waals surface area (Å²) in [5, 5.41) is 13.6. The molecule has 6 nitrogen and oxygen atoms in total. The van der Waals surface area contributed by atoms with E-state index in [-0.39, 0.29) is 18.4 Å². The lowest BCUT2D eigenvalue weighted by Crippen LogP contribution is -2.56. The smallest absolute Gasteiger partial charge is 0.240 e. The fourth-order valence-electron chi connectivity index (χ4n) is 4.42. The standard InChI is InChI=1S/C25H31N3O3S/c1-25(2,18-11-5-3-6-12-18)26-21(29)17-28-19-13-7-8-14-20(19)32-22(24(28)31)23(30)27-15-9-4-10-16-27/h3,5-8,11-14,22,24,31H,4,9-10,15-17H2,1-2H3,(H,26,29). The number of piperidine rings is 1. The van der Waals surface area contributed by atoms with Crippen molar-refractivity contribution in [2.75, 3.05) is 24.5 Å². The Balaban J connectivity index is 1.53. The van der Waals surface area contributed by atoms with Gasteiger partial charge in [0.1, 0.15) is 11.5 Å². The van der Waals surface area contributed by atoms with Crippen LogP contribution in [-0.2, 0) is 15.1 Å².